The average Bonchev–Trinajstić information content (AvgIpc) is 3.11. The molecule has 2 aromatic carbocycles. The Labute approximate surface area is 167 Å². The lowest BCUT2D eigenvalue weighted by Gasteiger charge is -2.07. The van der Waals surface area contributed by atoms with Gasteiger partial charge in [-0.25, -0.2) is 9.18 Å². The number of rotatable bonds is 7. The van der Waals surface area contributed by atoms with Gasteiger partial charge in [-0.3, -0.25) is 0 Å². The lowest BCUT2D eigenvalue weighted by molar-refractivity contribution is -0.139. The molecule has 0 atom stereocenters. The lowest BCUT2D eigenvalue weighted by atomic mass is 10.1. The summed E-state index contributed by atoms with van der Waals surface area (Å²) in [6.07, 6.45) is 2.89. The molecule has 0 aliphatic heterocycles. The third kappa shape index (κ3) is 4.82. The van der Waals surface area contributed by atoms with Crippen LogP contribution in [-0.2, 0) is 16.1 Å². The highest BCUT2D eigenvalue weighted by Crippen LogP contribution is 2.27. The molecule has 1 heterocycles. The molecule has 0 amide bonds. The minimum absolute atomic E-state index is 0.0467. The van der Waals surface area contributed by atoms with Crippen LogP contribution in [-0.4, -0.2) is 25.3 Å². The van der Waals surface area contributed by atoms with Crippen LogP contribution in [0.1, 0.15) is 16.8 Å². The highest BCUT2D eigenvalue weighted by Gasteiger charge is 2.15. The third-order valence-electron chi connectivity index (χ3n) is 4.31. The zero-order chi connectivity index (χ0) is 20.8. The fraction of sp³-hybridized carbons (Fsp3) is 0.182. The maximum absolute atomic E-state index is 13.1. The maximum Gasteiger partial charge on any atom is 0.331 e. The van der Waals surface area contributed by atoms with E-state index in [1.165, 1.54) is 18.2 Å². The van der Waals surface area contributed by atoms with E-state index in [-0.39, 0.29) is 12.4 Å². The maximum atomic E-state index is 13.1. The van der Waals surface area contributed by atoms with Crippen LogP contribution in [0.15, 0.2) is 53.1 Å². The summed E-state index contributed by atoms with van der Waals surface area (Å²) >= 11 is 0. The van der Waals surface area contributed by atoms with E-state index in [2.05, 4.69) is 5.16 Å². The predicted octanol–water partition coefficient (Wildman–Crippen LogP) is 4.56. The second-order valence-electron chi connectivity index (χ2n) is 6.14. The van der Waals surface area contributed by atoms with Crippen molar-refractivity contribution in [2.75, 3.05) is 14.2 Å². The first-order chi connectivity index (χ1) is 14.0. The number of ether oxygens (including phenoxy) is 3. The van der Waals surface area contributed by atoms with E-state index in [1.807, 2.05) is 0 Å². The minimum Gasteiger partial charge on any atom is -0.497 e. The Morgan fingerprint density at radius 1 is 1.14 bits per heavy atom. The summed E-state index contributed by atoms with van der Waals surface area (Å²) < 4.78 is 34.1. The van der Waals surface area contributed by atoms with Crippen LogP contribution >= 0.6 is 0 Å². The molecule has 3 aromatic rings. The van der Waals surface area contributed by atoms with Gasteiger partial charge in [-0.1, -0.05) is 5.16 Å². The fourth-order valence-corrected chi connectivity index (χ4v) is 2.69. The van der Waals surface area contributed by atoms with E-state index in [0.717, 1.165) is 5.56 Å². The molecular weight excluding hydrogens is 377 g/mol. The number of nitrogens with zero attached hydrogens (tertiary/aromatic N) is 1. The quantitative estimate of drug-likeness (QED) is 0.430. The minimum atomic E-state index is -0.541. The van der Waals surface area contributed by atoms with Crippen LogP contribution in [0.5, 0.6) is 11.5 Å². The van der Waals surface area contributed by atoms with Crippen molar-refractivity contribution in [1.29, 1.82) is 0 Å². The van der Waals surface area contributed by atoms with Crippen molar-refractivity contribution in [3.63, 3.8) is 0 Å². The fourth-order valence-electron chi connectivity index (χ4n) is 2.69. The van der Waals surface area contributed by atoms with Gasteiger partial charge in [0.2, 0.25) is 0 Å². The smallest absolute Gasteiger partial charge is 0.331 e. The van der Waals surface area contributed by atoms with Gasteiger partial charge < -0.3 is 18.7 Å². The van der Waals surface area contributed by atoms with Crippen LogP contribution < -0.4 is 9.47 Å². The monoisotopic (exact) mass is 397 g/mol. The van der Waals surface area contributed by atoms with Crippen molar-refractivity contribution >= 4 is 12.0 Å². The van der Waals surface area contributed by atoms with Crippen LogP contribution in [0.3, 0.4) is 0 Å². The molecular formula is C22H20FNO5. The number of carbonyl (C=O) groups is 1. The lowest BCUT2D eigenvalue weighted by Crippen LogP contribution is -2.02. The average molecular weight is 397 g/mol. The standard InChI is InChI=1S/C22H20FNO5/c1-14-19(24-29-22(14)15-4-7-17(23)8-5-15)13-28-21(25)11-6-16-12-18(26-2)9-10-20(16)27-3/h4-12H,13H2,1-3H3/b11-6+. The van der Waals surface area contributed by atoms with Crippen LogP contribution in [0.2, 0.25) is 0 Å². The van der Waals surface area contributed by atoms with E-state index < -0.39 is 5.97 Å². The van der Waals surface area contributed by atoms with Crippen molar-refractivity contribution in [1.82, 2.24) is 5.16 Å². The zero-order valence-electron chi connectivity index (χ0n) is 16.3. The first kappa shape index (κ1) is 20.1. The second kappa shape index (κ2) is 9.05. The molecule has 150 valence electrons. The Hall–Kier alpha value is -3.61. The number of benzene rings is 2. The number of esters is 1. The van der Waals surface area contributed by atoms with Gasteiger partial charge >= 0.3 is 5.97 Å². The Balaban J connectivity index is 1.66. The highest BCUT2D eigenvalue weighted by molar-refractivity contribution is 5.87. The van der Waals surface area contributed by atoms with Gasteiger partial charge in [-0.15, -0.1) is 0 Å². The Morgan fingerprint density at radius 3 is 2.59 bits per heavy atom. The van der Waals surface area contributed by atoms with Crippen LogP contribution in [0.25, 0.3) is 17.4 Å². The van der Waals surface area contributed by atoms with E-state index in [1.54, 1.807) is 57.6 Å². The first-order valence-electron chi connectivity index (χ1n) is 8.79. The molecule has 0 saturated carbocycles. The Morgan fingerprint density at radius 2 is 1.90 bits per heavy atom. The number of aromatic nitrogens is 1. The molecule has 3 rings (SSSR count). The normalized spacial score (nSPS) is 10.9. The third-order valence-corrected chi connectivity index (χ3v) is 4.31. The van der Waals surface area contributed by atoms with E-state index >= 15 is 0 Å². The highest BCUT2D eigenvalue weighted by atomic mass is 19.1. The van der Waals surface area contributed by atoms with Gasteiger partial charge in [-0.05, 0) is 55.5 Å². The largest absolute Gasteiger partial charge is 0.497 e. The van der Waals surface area contributed by atoms with Crippen LogP contribution in [0.4, 0.5) is 4.39 Å². The van der Waals surface area contributed by atoms with Gasteiger partial charge in [-0.2, -0.15) is 0 Å². The molecule has 0 unspecified atom stereocenters. The summed E-state index contributed by atoms with van der Waals surface area (Å²) in [6, 6.07) is 11.1. The van der Waals surface area contributed by atoms with Crippen molar-refractivity contribution in [3.05, 3.63) is 71.2 Å². The number of hydrogen-bond acceptors (Lipinski definition) is 6. The predicted molar refractivity (Wildman–Crippen MR) is 105 cm³/mol. The molecule has 0 aliphatic carbocycles. The molecule has 0 N–H and O–H groups in total. The number of hydrogen-bond donors (Lipinski definition) is 0. The van der Waals surface area contributed by atoms with E-state index in [9.17, 15) is 9.18 Å². The second-order valence-corrected chi connectivity index (χ2v) is 6.14. The van der Waals surface area contributed by atoms with E-state index in [0.29, 0.717) is 34.1 Å². The van der Waals surface area contributed by atoms with Gasteiger partial charge in [0.1, 0.15) is 29.6 Å². The van der Waals surface area contributed by atoms with E-state index in [4.69, 9.17) is 18.7 Å². The Bertz CT molecular complexity index is 1020. The number of methoxy groups -OCH3 is 2. The van der Waals surface area contributed by atoms with Gasteiger partial charge in [0, 0.05) is 22.8 Å². The summed E-state index contributed by atoms with van der Waals surface area (Å²) in [7, 11) is 3.10. The molecule has 29 heavy (non-hydrogen) atoms. The van der Waals surface area contributed by atoms with Gasteiger partial charge in [0.25, 0.3) is 0 Å². The zero-order valence-corrected chi connectivity index (χ0v) is 16.3. The Kier molecular flexibility index (Phi) is 6.29. The van der Waals surface area contributed by atoms with Gasteiger partial charge in [0.05, 0.1) is 14.2 Å². The summed E-state index contributed by atoms with van der Waals surface area (Å²) in [6.45, 7) is 1.75. The molecule has 0 radical (unpaired) electrons. The molecule has 0 fully saturated rings. The molecule has 0 bridgehead atoms. The van der Waals surface area contributed by atoms with Crippen molar-refractivity contribution < 1.29 is 27.9 Å². The first-order valence-corrected chi connectivity index (χ1v) is 8.79. The number of halogens is 1. The summed E-state index contributed by atoms with van der Waals surface area (Å²) in [5.41, 5.74) is 2.59. The molecule has 6 nitrogen and oxygen atoms in total. The van der Waals surface area contributed by atoms with Crippen molar-refractivity contribution in [2.24, 2.45) is 0 Å². The molecule has 1 aromatic heterocycles. The molecule has 0 spiro atoms. The van der Waals surface area contributed by atoms with Crippen molar-refractivity contribution in [3.8, 4) is 22.8 Å². The summed E-state index contributed by atoms with van der Waals surface area (Å²) in [5.74, 6) is 0.879. The summed E-state index contributed by atoms with van der Waals surface area (Å²) in [4.78, 5) is 12.1. The van der Waals surface area contributed by atoms with Crippen LogP contribution in [0, 0.1) is 12.7 Å². The molecule has 7 heteroatoms. The number of carbonyl (C=O) groups excluding carboxylic acids is 1. The van der Waals surface area contributed by atoms with Crippen molar-refractivity contribution in [2.45, 2.75) is 13.5 Å². The molecule has 0 saturated heterocycles. The van der Waals surface area contributed by atoms with Gasteiger partial charge in [0.15, 0.2) is 5.76 Å². The SMILES string of the molecule is COc1ccc(OC)c(/C=C/C(=O)OCc2noc(-c3ccc(F)cc3)c2C)c1. The molecule has 0 aliphatic rings. The topological polar surface area (TPSA) is 70.8 Å². The summed E-state index contributed by atoms with van der Waals surface area (Å²) in [5, 5.41) is 3.95.